The van der Waals surface area contributed by atoms with E-state index < -0.39 is 5.97 Å². The molecule has 0 heterocycles. The standard InChI is InChI=1S/C24H23BO7/c1-27-18-8-4-16(5-9-18)14-30-21-13-12-20(29-3)22(24(26)32-25)23(21)31-15-17-6-10-19(28-2)11-7-17/h4-13H,14-15H2,1-3H3. The molecular formula is C24H23BO7. The Morgan fingerprint density at radius 2 is 1.19 bits per heavy atom. The number of benzene rings is 3. The Balaban J connectivity index is 1.88. The number of rotatable bonds is 10. The molecule has 0 amide bonds. The molecule has 0 spiro atoms. The average molecular weight is 434 g/mol. The van der Waals surface area contributed by atoms with Gasteiger partial charge >= 0.3 is 14.0 Å². The second-order valence-corrected chi connectivity index (χ2v) is 6.65. The maximum absolute atomic E-state index is 12.4. The van der Waals surface area contributed by atoms with Gasteiger partial charge in [0, 0.05) is 0 Å². The van der Waals surface area contributed by atoms with E-state index in [-0.39, 0.29) is 30.3 Å². The highest BCUT2D eigenvalue weighted by Crippen LogP contribution is 2.39. The highest BCUT2D eigenvalue weighted by atomic mass is 16.5. The molecule has 164 valence electrons. The van der Waals surface area contributed by atoms with E-state index in [0.29, 0.717) is 5.75 Å². The number of ether oxygens (including phenoxy) is 5. The summed E-state index contributed by atoms with van der Waals surface area (Å²) >= 11 is 0. The molecule has 0 aliphatic rings. The second kappa shape index (κ2) is 11.0. The number of carbonyl (C=O) groups excluding carboxylic acids is 1. The lowest BCUT2D eigenvalue weighted by molar-refractivity contribution is 0.0739. The molecule has 3 aromatic carbocycles. The van der Waals surface area contributed by atoms with Crippen molar-refractivity contribution in [3.8, 4) is 28.7 Å². The fourth-order valence-electron chi connectivity index (χ4n) is 2.98. The van der Waals surface area contributed by atoms with Crippen molar-refractivity contribution in [2.24, 2.45) is 0 Å². The van der Waals surface area contributed by atoms with Crippen LogP contribution in [0.3, 0.4) is 0 Å². The molecule has 0 atom stereocenters. The third kappa shape index (κ3) is 5.46. The Hall–Kier alpha value is -3.81. The van der Waals surface area contributed by atoms with Gasteiger partial charge in [-0.15, -0.1) is 0 Å². The molecule has 32 heavy (non-hydrogen) atoms. The Labute approximate surface area is 188 Å². The van der Waals surface area contributed by atoms with Crippen LogP contribution in [0.5, 0.6) is 28.7 Å². The monoisotopic (exact) mass is 434 g/mol. The second-order valence-electron chi connectivity index (χ2n) is 6.65. The molecular weight excluding hydrogens is 411 g/mol. The van der Waals surface area contributed by atoms with Crippen LogP contribution in [0.1, 0.15) is 21.5 Å². The van der Waals surface area contributed by atoms with Gasteiger partial charge < -0.3 is 28.3 Å². The van der Waals surface area contributed by atoms with Gasteiger partial charge in [-0.1, -0.05) is 24.3 Å². The van der Waals surface area contributed by atoms with Crippen LogP contribution >= 0.6 is 0 Å². The van der Waals surface area contributed by atoms with Gasteiger partial charge in [0.2, 0.25) is 0 Å². The van der Waals surface area contributed by atoms with Crippen LogP contribution in [0.2, 0.25) is 0 Å². The largest absolute Gasteiger partial charge is 0.540 e. The average Bonchev–Trinajstić information content (AvgIpc) is 2.86. The predicted octanol–water partition coefficient (Wildman–Crippen LogP) is 4.11. The van der Waals surface area contributed by atoms with Crippen molar-refractivity contribution in [1.29, 1.82) is 0 Å². The Morgan fingerprint density at radius 1 is 0.688 bits per heavy atom. The number of methoxy groups -OCH3 is 3. The third-order valence-electron chi connectivity index (χ3n) is 4.71. The summed E-state index contributed by atoms with van der Waals surface area (Å²) in [6.07, 6.45) is 0. The van der Waals surface area contributed by atoms with Crippen molar-refractivity contribution in [2.45, 2.75) is 13.2 Å². The van der Waals surface area contributed by atoms with E-state index in [9.17, 15) is 4.79 Å². The lowest BCUT2D eigenvalue weighted by Gasteiger charge is -2.18. The van der Waals surface area contributed by atoms with Gasteiger partial charge in [0.25, 0.3) is 0 Å². The van der Waals surface area contributed by atoms with Crippen molar-refractivity contribution in [1.82, 2.24) is 0 Å². The zero-order valence-corrected chi connectivity index (χ0v) is 18.1. The summed E-state index contributed by atoms with van der Waals surface area (Å²) in [6, 6.07) is 18.1. The number of hydrogen-bond acceptors (Lipinski definition) is 7. The zero-order valence-electron chi connectivity index (χ0n) is 18.1. The van der Waals surface area contributed by atoms with E-state index in [4.69, 9.17) is 31.7 Å². The van der Waals surface area contributed by atoms with E-state index in [1.54, 1.807) is 26.4 Å². The van der Waals surface area contributed by atoms with Gasteiger partial charge in [0.15, 0.2) is 11.5 Å². The molecule has 0 bridgehead atoms. The number of carbonyl (C=O) groups is 1. The van der Waals surface area contributed by atoms with Crippen molar-refractivity contribution in [3.63, 3.8) is 0 Å². The quantitative estimate of drug-likeness (QED) is 0.445. The van der Waals surface area contributed by atoms with Gasteiger partial charge in [-0.25, -0.2) is 4.79 Å². The van der Waals surface area contributed by atoms with Crippen LogP contribution in [0, 0.1) is 0 Å². The molecule has 0 aliphatic heterocycles. The Bertz CT molecular complexity index is 1030. The molecule has 2 radical (unpaired) electrons. The van der Waals surface area contributed by atoms with Crippen LogP contribution in [0.25, 0.3) is 0 Å². The van der Waals surface area contributed by atoms with Crippen LogP contribution in [0.15, 0.2) is 60.7 Å². The van der Waals surface area contributed by atoms with Crippen molar-refractivity contribution in [3.05, 3.63) is 77.4 Å². The van der Waals surface area contributed by atoms with Gasteiger partial charge in [-0.05, 0) is 47.5 Å². The molecule has 0 fully saturated rings. The molecule has 3 aromatic rings. The molecule has 8 heteroatoms. The summed E-state index contributed by atoms with van der Waals surface area (Å²) in [5.41, 5.74) is 1.81. The molecule has 0 saturated carbocycles. The molecule has 0 unspecified atom stereocenters. The van der Waals surface area contributed by atoms with E-state index in [1.807, 2.05) is 48.5 Å². The molecule has 0 N–H and O–H groups in total. The summed E-state index contributed by atoms with van der Waals surface area (Å²) < 4.78 is 32.1. The summed E-state index contributed by atoms with van der Waals surface area (Å²) in [5.74, 6) is 1.43. The molecule has 0 aliphatic carbocycles. The van der Waals surface area contributed by atoms with E-state index in [1.165, 1.54) is 7.11 Å². The SMILES string of the molecule is [B]OC(=O)c1c(OC)ccc(OCc2ccc(OC)cc2)c1OCc1ccc(OC)cc1. The van der Waals surface area contributed by atoms with E-state index in [2.05, 4.69) is 4.65 Å². The molecule has 0 aromatic heterocycles. The zero-order chi connectivity index (χ0) is 22.9. The lowest BCUT2D eigenvalue weighted by Crippen LogP contribution is -2.10. The van der Waals surface area contributed by atoms with Crippen molar-refractivity contribution in [2.75, 3.05) is 21.3 Å². The normalized spacial score (nSPS) is 10.2. The highest BCUT2D eigenvalue weighted by Gasteiger charge is 2.24. The van der Waals surface area contributed by atoms with Crippen LogP contribution in [-0.4, -0.2) is 35.3 Å². The minimum Gasteiger partial charge on any atom is -0.540 e. The van der Waals surface area contributed by atoms with Gasteiger partial charge in [-0.2, -0.15) is 0 Å². The fourth-order valence-corrected chi connectivity index (χ4v) is 2.98. The first-order valence-electron chi connectivity index (χ1n) is 9.73. The van der Waals surface area contributed by atoms with Crippen LogP contribution < -0.4 is 23.7 Å². The van der Waals surface area contributed by atoms with Gasteiger partial charge in [-0.3, -0.25) is 0 Å². The maximum atomic E-state index is 12.4. The molecule has 7 nitrogen and oxygen atoms in total. The first kappa shape index (κ1) is 22.9. The summed E-state index contributed by atoms with van der Waals surface area (Å²) in [4.78, 5) is 12.4. The summed E-state index contributed by atoms with van der Waals surface area (Å²) in [6.45, 7) is 0.410. The third-order valence-corrected chi connectivity index (χ3v) is 4.71. The van der Waals surface area contributed by atoms with E-state index >= 15 is 0 Å². The van der Waals surface area contributed by atoms with Crippen molar-refractivity contribution < 1.29 is 33.1 Å². The van der Waals surface area contributed by atoms with Crippen LogP contribution in [-0.2, 0) is 17.9 Å². The first-order valence-corrected chi connectivity index (χ1v) is 9.73. The topological polar surface area (TPSA) is 72.5 Å². The van der Waals surface area contributed by atoms with E-state index in [0.717, 1.165) is 22.6 Å². The minimum atomic E-state index is -0.804. The fraction of sp³-hybridized carbons (Fsp3) is 0.208. The van der Waals surface area contributed by atoms with Crippen LogP contribution in [0.4, 0.5) is 0 Å². The summed E-state index contributed by atoms with van der Waals surface area (Å²) in [7, 11) is 9.79. The first-order chi connectivity index (χ1) is 15.6. The highest BCUT2D eigenvalue weighted by molar-refractivity contribution is 6.11. The van der Waals surface area contributed by atoms with Gasteiger partial charge in [0.05, 0.1) is 21.3 Å². The predicted molar refractivity (Wildman–Crippen MR) is 119 cm³/mol. The minimum absolute atomic E-state index is 0.0377. The maximum Gasteiger partial charge on any atom is 0.378 e. The summed E-state index contributed by atoms with van der Waals surface area (Å²) in [5, 5.41) is 0. The smallest absolute Gasteiger partial charge is 0.378 e. The van der Waals surface area contributed by atoms with Crippen molar-refractivity contribution >= 4 is 14.0 Å². The Kier molecular flexibility index (Phi) is 7.86. The molecule has 3 rings (SSSR count). The molecule has 0 saturated heterocycles. The number of hydrogen-bond donors (Lipinski definition) is 0. The van der Waals surface area contributed by atoms with Gasteiger partial charge in [0.1, 0.15) is 36.0 Å². The Morgan fingerprint density at radius 3 is 1.66 bits per heavy atom. The lowest BCUT2D eigenvalue weighted by atomic mass is 10.1.